The molecule has 0 atom stereocenters. The third-order valence-electron chi connectivity index (χ3n) is 2.60. The Labute approximate surface area is 115 Å². The predicted molar refractivity (Wildman–Crippen MR) is 75.6 cm³/mol. The summed E-state index contributed by atoms with van der Waals surface area (Å²) in [6.07, 6.45) is 3.37. The number of halogens is 1. The Hall–Kier alpha value is -1.33. The standard InChI is InChI=1S/C13H16BrN3O/c14-11-4-1-3-10(7-11)8-13-12(9-17-18-13)16-6-2-5-15/h1,3-4,7,9,16H,2,5-6,8,15H2. The quantitative estimate of drug-likeness (QED) is 0.805. The normalized spacial score (nSPS) is 10.6. The molecule has 96 valence electrons. The molecule has 5 heteroatoms. The van der Waals surface area contributed by atoms with Crippen LogP contribution in [0.4, 0.5) is 5.69 Å². The fourth-order valence-corrected chi connectivity index (χ4v) is 2.14. The summed E-state index contributed by atoms with van der Waals surface area (Å²) in [6.45, 7) is 1.52. The van der Waals surface area contributed by atoms with Gasteiger partial charge in [-0.05, 0) is 30.7 Å². The molecular weight excluding hydrogens is 294 g/mol. The van der Waals surface area contributed by atoms with E-state index in [0.717, 1.165) is 35.3 Å². The SMILES string of the molecule is NCCCNc1cnoc1Cc1cccc(Br)c1. The van der Waals surface area contributed by atoms with Crippen molar-refractivity contribution in [3.05, 3.63) is 46.3 Å². The molecule has 0 unspecified atom stereocenters. The summed E-state index contributed by atoms with van der Waals surface area (Å²) in [7, 11) is 0. The molecule has 2 rings (SSSR count). The number of benzene rings is 1. The average Bonchev–Trinajstić information content (AvgIpc) is 2.77. The lowest BCUT2D eigenvalue weighted by Gasteiger charge is -2.04. The lowest BCUT2D eigenvalue weighted by atomic mass is 10.1. The van der Waals surface area contributed by atoms with E-state index in [1.54, 1.807) is 6.20 Å². The topological polar surface area (TPSA) is 64.1 Å². The van der Waals surface area contributed by atoms with E-state index < -0.39 is 0 Å². The second-order valence-corrected chi connectivity index (χ2v) is 4.95. The van der Waals surface area contributed by atoms with Crippen molar-refractivity contribution in [1.29, 1.82) is 0 Å². The van der Waals surface area contributed by atoms with Crippen LogP contribution in [-0.2, 0) is 6.42 Å². The third kappa shape index (κ3) is 3.58. The molecule has 4 nitrogen and oxygen atoms in total. The highest BCUT2D eigenvalue weighted by molar-refractivity contribution is 9.10. The molecule has 18 heavy (non-hydrogen) atoms. The van der Waals surface area contributed by atoms with Crippen molar-refractivity contribution in [2.24, 2.45) is 5.73 Å². The van der Waals surface area contributed by atoms with Crippen LogP contribution in [0.3, 0.4) is 0 Å². The van der Waals surface area contributed by atoms with E-state index in [1.807, 2.05) is 12.1 Å². The zero-order valence-corrected chi connectivity index (χ0v) is 11.6. The summed E-state index contributed by atoms with van der Waals surface area (Å²) in [5.41, 5.74) is 7.59. The molecule has 1 aromatic heterocycles. The van der Waals surface area contributed by atoms with Gasteiger partial charge in [0.05, 0.1) is 11.9 Å². The van der Waals surface area contributed by atoms with Crippen molar-refractivity contribution in [2.75, 3.05) is 18.4 Å². The van der Waals surface area contributed by atoms with Crippen molar-refractivity contribution in [3.8, 4) is 0 Å². The van der Waals surface area contributed by atoms with Crippen LogP contribution in [0.25, 0.3) is 0 Å². The van der Waals surface area contributed by atoms with E-state index in [4.69, 9.17) is 10.3 Å². The van der Waals surface area contributed by atoms with E-state index in [-0.39, 0.29) is 0 Å². The molecule has 0 amide bonds. The number of nitrogens with two attached hydrogens (primary N) is 1. The zero-order chi connectivity index (χ0) is 12.8. The molecule has 0 aliphatic rings. The minimum Gasteiger partial charge on any atom is -0.381 e. The number of nitrogens with zero attached hydrogens (tertiary/aromatic N) is 1. The van der Waals surface area contributed by atoms with Crippen LogP contribution >= 0.6 is 15.9 Å². The molecule has 1 heterocycles. The van der Waals surface area contributed by atoms with Crippen molar-refractivity contribution >= 4 is 21.6 Å². The summed E-state index contributed by atoms with van der Waals surface area (Å²) in [5.74, 6) is 0.852. The van der Waals surface area contributed by atoms with Crippen LogP contribution in [0.15, 0.2) is 39.5 Å². The molecule has 3 N–H and O–H groups in total. The van der Waals surface area contributed by atoms with Gasteiger partial charge in [-0.25, -0.2) is 0 Å². The molecule has 0 aliphatic carbocycles. The molecule has 0 aliphatic heterocycles. The van der Waals surface area contributed by atoms with Crippen LogP contribution in [0.2, 0.25) is 0 Å². The number of hydrogen-bond donors (Lipinski definition) is 2. The highest BCUT2D eigenvalue weighted by Crippen LogP contribution is 2.20. The van der Waals surface area contributed by atoms with Gasteiger partial charge < -0.3 is 15.6 Å². The summed E-state index contributed by atoms with van der Waals surface area (Å²) in [6, 6.07) is 8.16. The van der Waals surface area contributed by atoms with Crippen molar-refractivity contribution in [1.82, 2.24) is 5.16 Å². The van der Waals surface area contributed by atoms with Gasteiger partial charge in [-0.3, -0.25) is 0 Å². The minimum atomic E-state index is 0.680. The van der Waals surface area contributed by atoms with Gasteiger partial charge >= 0.3 is 0 Å². The van der Waals surface area contributed by atoms with Crippen LogP contribution in [-0.4, -0.2) is 18.2 Å². The highest BCUT2D eigenvalue weighted by atomic mass is 79.9. The smallest absolute Gasteiger partial charge is 0.164 e. The average molecular weight is 310 g/mol. The van der Waals surface area contributed by atoms with Gasteiger partial charge in [0, 0.05) is 17.4 Å². The van der Waals surface area contributed by atoms with E-state index in [2.05, 4.69) is 38.5 Å². The Kier molecular flexibility index (Phi) is 4.78. The first-order valence-electron chi connectivity index (χ1n) is 5.91. The van der Waals surface area contributed by atoms with Gasteiger partial charge in [-0.2, -0.15) is 0 Å². The van der Waals surface area contributed by atoms with E-state index in [0.29, 0.717) is 6.54 Å². The van der Waals surface area contributed by atoms with Crippen molar-refractivity contribution in [2.45, 2.75) is 12.8 Å². The summed E-state index contributed by atoms with van der Waals surface area (Å²) < 4.78 is 6.35. The molecule has 0 fully saturated rings. The van der Waals surface area contributed by atoms with E-state index in [9.17, 15) is 0 Å². The van der Waals surface area contributed by atoms with Gasteiger partial charge in [-0.15, -0.1) is 0 Å². The molecular formula is C13H16BrN3O. The molecule has 0 saturated heterocycles. The first-order chi connectivity index (χ1) is 8.79. The molecule has 2 aromatic rings. The second kappa shape index (κ2) is 6.56. The lowest BCUT2D eigenvalue weighted by Crippen LogP contribution is -2.08. The number of hydrogen-bond acceptors (Lipinski definition) is 4. The first-order valence-corrected chi connectivity index (χ1v) is 6.71. The zero-order valence-electron chi connectivity index (χ0n) is 10.0. The maximum Gasteiger partial charge on any atom is 0.164 e. The largest absolute Gasteiger partial charge is 0.381 e. The van der Waals surface area contributed by atoms with Gasteiger partial charge in [0.1, 0.15) is 0 Å². The number of nitrogens with one attached hydrogen (secondary N) is 1. The Morgan fingerprint density at radius 2 is 2.28 bits per heavy atom. The summed E-state index contributed by atoms with van der Waals surface area (Å²) in [4.78, 5) is 0. The predicted octanol–water partition coefficient (Wildman–Crippen LogP) is 2.79. The van der Waals surface area contributed by atoms with Crippen LogP contribution in [0.1, 0.15) is 17.7 Å². The first kappa shape index (κ1) is 13.1. The maximum absolute atomic E-state index is 5.46. The fraction of sp³-hybridized carbons (Fsp3) is 0.308. The Bertz CT molecular complexity index is 498. The van der Waals surface area contributed by atoms with Crippen molar-refractivity contribution < 1.29 is 4.52 Å². The van der Waals surface area contributed by atoms with E-state index in [1.165, 1.54) is 5.56 Å². The van der Waals surface area contributed by atoms with Gasteiger partial charge in [0.15, 0.2) is 5.76 Å². The Morgan fingerprint density at radius 3 is 3.06 bits per heavy atom. The molecule has 1 aromatic carbocycles. The number of rotatable bonds is 6. The number of anilines is 1. The van der Waals surface area contributed by atoms with Crippen LogP contribution in [0.5, 0.6) is 0 Å². The second-order valence-electron chi connectivity index (χ2n) is 4.04. The van der Waals surface area contributed by atoms with Crippen LogP contribution in [0, 0.1) is 0 Å². The fourth-order valence-electron chi connectivity index (χ4n) is 1.69. The van der Waals surface area contributed by atoms with E-state index >= 15 is 0 Å². The third-order valence-corrected chi connectivity index (χ3v) is 3.09. The Balaban J connectivity index is 2.03. The molecule has 0 spiro atoms. The molecule has 0 saturated carbocycles. The van der Waals surface area contributed by atoms with Gasteiger partial charge in [0.2, 0.25) is 0 Å². The summed E-state index contributed by atoms with van der Waals surface area (Å²) >= 11 is 3.46. The minimum absolute atomic E-state index is 0.680. The summed E-state index contributed by atoms with van der Waals surface area (Å²) in [5, 5.41) is 7.12. The van der Waals surface area contributed by atoms with Crippen molar-refractivity contribution in [3.63, 3.8) is 0 Å². The van der Waals surface area contributed by atoms with Gasteiger partial charge in [-0.1, -0.05) is 33.2 Å². The lowest BCUT2D eigenvalue weighted by molar-refractivity contribution is 0.390. The van der Waals surface area contributed by atoms with Crippen LogP contribution < -0.4 is 11.1 Å². The molecule has 0 radical (unpaired) electrons. The monoisotopic (exact) mass is 309 g/mol. The van der Waals surface area contributed by atoms with Gasteiger partial charge in [0.25, 0.3) is 0 Å². The maximum atomic E-state index is 5.46. The Morgan fingerprint density at radius 1 is 1.39 bits per heavy atom. The highest BCUT2D eigenvalue weighted by Gasteiger charge is 2.08. The molecule has 0 bridgehead atoms. The number of aromatic nitrogens is 1.